The number of aromatic nitrogens is 1. The second-order valence-electron chi connectivity index (χ2n) is 18.3. The highest BCUT2D eigenvalue weighted by Crippen LogP contribution is 2.47. The zero-order chi connectivity index (χ0) is 43.1. The van der Waals surface area contributed by atoms with Gasteiger partial charge in [-0.2, -0.15) is 0 Å². The number of alkyl carbamates (subject to hydrolysis) is 1. The number of carbonyl (C=O) groups is 4. The minimum absolute atomic E-state index is 0.0282. The molecule has 1 aromatic heterocycles. The van der Waals surface area contributed by atoms with Gasteiger partial charge in [-0.1, -0.05) is 44.9 Å². The zero-order valence-electron chi connectivity index (χ0n) is 35.5. The van der Waals surface area contributed by atoms with E-state index in [1.807, 2.05) is 24.3 Å². The first-order valence-corrected chi connectivity index (χ1v) is 23.5. The molecule has 332 valence electrons. The molecule has 0 unspecified atom stereocenters. The first kappa shape index (κ1) is 43.2. The number of carbonyl (C=O) groups excluding carboxylic acids is 4. The van der Waals surface area contributed by atoms with Gasteiger partial charge in [0.2, 0.25) is 27.7 Å². The van der Waals surface area contributed by atoms with E-state index >= 15 is 0 Å². The number of morpholine rings is 1. The number of pyridine rings is 1. The van der Waals surface area contributed by atoms with E-state index in [1.165, 1.54) is 11.0 Å². The van der Waals surface area contributed by atoms with Crippen LogP contribution in [0, 0.1) is 17.8 Å². The third-order valence-corrected chi connectivity index (χ3v) is 15.7. The zero-order valence-corrected chi connectivity index (χ0v) is 36.3. The summed E-state index contributed by atoms with van der Waals surface area (Å²) in [5.41, 5.74) is -0.0715. The molecule has 16 nitrogen and oxygen atoms in total. The fourth-order valence-electron chi connectivity index (χ4n) is 8.98. The van der Waals surface area contributed by atoms with Crippen LogP contribution in [0.3, 0.4) is 0 Å². The number of para-hydroxylation sites is 1. The van der Waals surface area contributed by atoms with Gasteiger partial charge in [0.1, 0.15) is 42.2 Å². The molecule has 3 N–H and O–H groups in total. The average molecular weight is 865 g/mol. The maximum Gasteiger partial charge on any atom is 0.408 e. The molecule has 2 saturated heterocycles. The maximum atomic E-state index is 14.7. The fraction of sp³-hybridized carbons (Fsp3) is 0.659. The summed E-state index contributed by atoms with van der Waals surface area (Å²) in [6, 6.07) is 5.58. The van der Waals surface area contributed by atoms with E-state index in [2.05, 4.69) is 26.8 Å². The molecule has 3 aliphatic heterocycles. The van der Waals surface area contributed by atoms with E-state index in [-0.39, 0.29) is 37.3 Å². The van der Waals surface area contributed by atoms with Crippen LogP contribution in [0.5, 0.6) is 11.6 Å². The third kappa shape index (κ3) is 9.19. The van der Waals surface area contributed by atoms with Crippen molar-refractivity contribution in [1.82, 2.24) is 30.1 Å². The lowest BCUT2D eigenvalue weighted by atomic mass is 10.0. The largest absolute Gasteiger partial charge is 0.491 e. The summed E-state index contributed by atoms with van der Waals surface area (Å²) in [5, 5.41) is 6.51. The Morgan fingerprint density at radius 1 is 1.10 bits per heavy atom. The van der Waals surface area contributed by atoms with Crippen LogP contribution in [-0.2, 0) is 40.3 Å². The van der Waals surface area contributed by atoms with Crippen LogP contribution in [0.2, 0.25) is 0 Å². The number of ether oxygens (including phenoxy) is 4. The molecule has 6 aliphatic rings. The van der Waals surface area contributed by atoms with Crippen molar-refractivity contribution in [1.29, 1.82) is 0 Å². The summed E-state index contributed by atoms with van der Waals surface area (Å²) in [6.45, 7) is 13.2. The molecular formula is C44H60N6O10S. The van der Waals surface area contributed by atoms with Gasteiger partial charge in [-0.3, -0.25) is 24.0 Å². The van der Waals surface area contributed by atoms with E-state index in [4.69, 9.17) is 23.9 Å². The quantitative estimate of drug-likeness (QED) is 0.279. The second-order valence-corrected chi connectivity index (χ2v) is 20.5. The molecule has 3 aliphatic carbocycles. The lowest BCUT2D eigenvalue weighted by Gasteiger charge is -2.31. The first-order valence-electron chi connectivity index (χ1n) is 22.0. The van der Waals surface area contributed by atoms with Crippen LogP contribution in [0.25, 0.3) is 10.9 Å². The van der Waals surface area contributed by atoms with Crippen molar-refractivity contribution >= 4 is 44.7 Å². The van der Waals surface area contributed by atoms with Crippen molar-refractivity contribution in [2.45, 2.75) is 120 Å². The molecule has 4 amide bonds. The predicted octanol–water partition coefficient (Wildman–Crippen LogP) is 3.61. The number of benzene rings is 1. The van der Waals surface area contributed by atoms with E-state index in [9.17, 15) is 27.6 Å². The highest BCUT2D eigenvalue weighted by molar-refractivity contribution is 7.91. The molecule has 61 heavy (non-hydrogen) atoms. The molecule has 0 spiro atoms. The van der Waals surface area contributed by atoms with Crippen molar-refractivity contribution in [3.8, 4) is 11.6 Å². The SMILES string of the molecule is C=C[C@@H]1C[C@]1(NC(=O)[C@@H]1C[C@@H]2CN1C(=O)[C@H](C(C)C)NC(=O)O[C@@H]1C[C@H]1CCCCCc1c(nc3ccccc3c1OCCN1CCOCC1)O2)C(=O)NS(=O)(=O)C1(C)CC1. The Bertz CT molecular complexity index is 2140. The van der Waals surface area contributed by atoms with Crippen LogP contribution in [0.15, 0.2) is 36.9 Å². The van der Waals surface area contributed by atoms with E-state index in [1.54, 1.807) is 20.8 Å². The minimum Gasteiger partial charge on any atom is -0.491 e. The molecule has 2 bridgehead atoms. The molecule has 1 aromatic carbocycles. The van der Waals surface area contributed by atoms with Gasteiger partial charge >= 0.3 is 6.09 Å². The molecular weight excluding hydrogens is 805 g/mol. The number of amides is 4. The number of rotatable bonds is 11. The van der Waals surface area contributed by atoms with Gasteiger partial charge in [0.15, 0.2) is 0 Å². The second kappa shape index (κ2) is 17.4. The summed E-state index contributed by atoms with van der Waals surface area (Å²) in [7, 11) is -4.01. The fourth-order valence-corrected chi connectivity index (χ4v) is 10.3. The average Bonchev–Trinajstić information content (AvgIpc) is 4.19. The van der Waals surface area contributed by atoms with Gasteiger partial charge in [-0.05, 0) is 75.8 Å². The summed E-state index contributed by atoms with van der Waals surface area (Å²) >= 11 is 0. The number of sulfonamides is 1. The lowest BCUT2D eigenvalue weighted by molar-refractivity contribution is -0.141. The van der Waals surface area contributed by atoms with Crippen molar-refractivity contribution in [2.75, 3.05) is 46.0 Å². The van der Waals surface area contributed by atoms with Crippen molar-refractivity contribution in [3.05, 3.63) is 42.5 Å². The molecule has 8 rings (SSSR count). The van der Waals surface area contributed by atoms with Crippen molar-refractivity contribution in [3.63, 3.8) is 0 Å². The smallest absolute Gasteiger partial charge is 0.408 e. The molecule has 4 heterocycles. The Kier molecular flexibility index (Phi) is 12.3. The number of hydrogen-bond acceptors (Lipinski definition) is 12. The van der Waals surface area contributed by atoms with E-state index < -0.39 is 68.2 Å². The van der Waals surface area contributed by atoms with Crippen molar-refractivity contribution < 1.29 is 46.5 Å². The van der Waals surface area contributed by atoms with Gasteiger partial charge in [-0.25, -0.2) is 18.2 Å². The van der Waals surface area contributed by atoms with Gasteiger partial charge in [0.25, 0.3) is 5.91 Å². The molecule has 5 fully saturated rings. The van der Waals surface area contributed by atoms with E-state index in [0.717, 1.165) is 62.7 Å². The Morgan fingerprint density at radius 2 is 1.87 bits per heavy atom. The van der Waals surface area contributed by atoms with Crippen LogP contribution >= 0.6 is 0 Å². The number of fused-ring (bicyclic) bond motifs is 5. The topological polar surface area (TPSA) is 195 Å². The Balaban J connectivity index is 1.11. The van der Waals surface area contributed by atoms with Gasteiger partial charge < -0.3 is 34.5 Å². The van der Waals surface area contributed by atoms with Gasteiger partial charge in [0, 0.05) is 37.4 Å². The monoisotopic (exact) mass is 864 g/mol. The van der Waals surface area contributed by atoms with Gasteiger partial charge in [0.05, 0.1) is 35.6 Å². The third-order valence-electron chi connectivity index (χ3n) is 13.5. The maximum absolute atomic E-state index is 14.7. The molecule has 0 radical (unpaired) electrons. The normalized spacial score (nSPS) is 30.3. The lowest BCUT2D eigenvalue weighted by Crippen LogP contribution is -2.59. The molecule has 3 saturated carbocycles. The highest BCUT2D eigenvalue weighted by atomic mass is 32.2. The van der Waals surface area contributed by atoms with Crippen LogP contribution in [0.1, 0.15) is 84.1 Å². The van der Waals surface area contributed by atoms with E-state index in [0.29, 0.717) is 56.2 Å². The highest BCUT2D eigenvalue weighted by Gasteiger charge is 2.63. The molecule has 2 aromatic rings. The van der Waals surface area contributed by atoms with Gasteiger partial charge in [-0.15, -0.1) is 6.58 Å². The Hall–Kier alpha value is -4.48. The summed E-state index contributed by atoms with van der Waals surface area (Å²) in [6.07, 6.45) is 5.91. The Labute approximate surface area is 357 Å². The van der Waals surface area contributed by atoms with Crippen LogP contribution in [-0.4, -0.2) is 128 Å². The minimum atomic E-state index is -4.01. The molecule has 7 atom stereocenters. The van der Waals surface area contributed by atoms with Crippen LogP contribution < -0.4 is 24.8 Å². The predicted molar refractivity (Wildman–Crippen MR) is 225 cm³/mol. The summed E-state index contributed by atoms with van der Waals surface area (Å²) in [5.74, 6) is -1.59. The first-order chi connectivity index (χ1) is 29.2. The number of nitrogens with one attached hydrogen (secondary N) is 3. The Morgan fingerprint density at radius 3 is 2.59 bits per heavy atom. The van der Waals surface area contributed by atoms with Crippen LogP contribution in [0.4, 0.5) is 4.79 Å². The summed E-state index contributed by atoms with van der Waals surface area (Å²) < 4.78 is 52.3. The summed E-state index contributed by atoms with van der Waals surface area (Å²) in [4.78, 5) is 65.0. The molecule has 17 heteroatoms. The number of hydrogen-bond donors (Lipinski definition) is 3. The number of nitrogens with zero attached hydrogens (tertiary/aromatic N) is 3. The standard InChI is InChI=1S/C44H60N6O10S/c1-5-29-25-44(29,41(53)48-61(55,56)43(4)15-16-43)47-38(51)34-24-30-26-50(34)40(52)36(27(2)3)46-42(54)60-35-23-28(35)11-7-6-8-13-32-37(58-22-19-49-17-20-57-21-18-49)31-12-9-10-14-33(31)45-39(32)59-30/h5,9-10,12,14,27-30,34-36H,1,6-8,11,13,15-26H2,2-4H3,(H,46,54)(H,47,51)(H,48,53)/t28-,29-,30-,34+,35-,36+,44-/m1/s1. The van der Waals surface area contributed by atoms with Crippen molar-refractivity contribution in [2.24, 2.45) is 17.8 Å².